The van der Waals surface area contributed by atoms with Gasteiger partial charge in [-0.1, -0.05) is 42.0 Å². The highest BCUT2D eigenvalue weighted by Gasteiger charge is 2.01. The van der Waals surface area contributed by atoms with E-state index >= 15 is 0 Å². The van der Waals surface area contributed by atoms with Gasteiger partial charge in [-0.25, -0.2) is 0 Å². The molecule has 0 aliphatic rings. The molecule has 106 valence electrons. The van der Waals surface area contributed by atoms with Gasteiger partial charge in [-0.15, -0.1) is 0 Å². The number of hydrogen-bond donors (Lipinski definition) is 1. The van der Waals surface area contributed by atoms with Gasteiger partial charge in [0.1, 0.15) is 0 Å². The van der Waals surface area contributed by atoms with Crippen LogP contribution in [0.25, 0.3) is 0 Å². The summed E-state index contributed by atoms with van der Waals surface area (Å²) >= 11 is 0. The number of hydrogen-bond acceptors (Lipinski definition) is 2. The van der Waals surface area contributed by atoms with Gasteiger partial charge in [0, 0.05) is 25.8 Å². The van der Waals surface area contributed by atoms with E-state index in [2.05, 4.69) is 72.7 Å². The summed E-state index contributed by atoms with van der Waals surface area (Å²) in [6.07, 6.45) is 1.10. The molecule has 0 radical (unpaired) electrons. The Bertz CT molecular complexity index is 514. The maximum atomic E-state index is 3.15. The maximum Gasteiger partial charge on any atom is 0.0337 e. The first-order valence-corrected chi connectivity index (χ1v) is 7.18. The topological polar surface area (TPSA) is 15.3 Å². The van der Waals surface area contributed by atoms with E-state index in [1.54, 1.807) is 0 Å². The Labute approximate surface area is 122 Å². The number of rotatable bonds is 6. The molecule has 0 spiro atoms. The minimum atomic E-state index is 0.996. The van der Waals surface area contributed by atoms with Crippen molar-refractivity contribution in [2.75, 3.05) is 26.0 Å². The van der Waals surface area contributed by atoms with E-state index < -0.39 is 0 Å². The van der Waals surface area contributed by atoms with Crippen molar-refractivity contribution in [1.82, 2.24) is 4.90 Å². The fourth-order valence-electron chi connectivity index (χ4n) is 2.24. The summed E-state index contributed by atoms with van der Waals surface area (Å²) in [5.41, 5.74) is 5.26. The van der Waals surface area contributed by atoms with Gasteiger partial charge in [-0.3, -0.25) is 0 Å². The van der Waals surface area contributed by atoms with Gasteiger partial charge >= 0.3 is 0 Å². The van der Waals surface area contributed by atoms with E-state index in [-0.39, 0.29) is 0 Å². The van der Waals surface area contributed by atoms with E-state index in [4.69, 9.17) is 0 Å². The maximum absolute atomic E-state index is 3.15. The second-order valence-electron chi connectivity index (χ2n) is 5.42. The third kappa shape index (κ3) is 4.39. The minimum absolute atomic E-state index is 0.996. The first kappa shape index (κ1) is 14.6. The van der Waals surface area contributed by atoms with Crippen molar-refractivity contribution >= 4 is 5.69 Å². The SMILES string of the molecule is CNc1ccc(CN(C)CCc2ccc(C)cc2)cc1. The Balaban J connectivity index is 1.82. The molecule has 2 aromatic carbocycles. The average molecular weight is 268 g/mol. The highest BCUT2D eigenvalue weighted by molar-refractivity contribution is 5.43. The van der Waals surface area contributed by atoms with Crippen LogP contribution >= 0.6 is 0 Å². The van der Waals surface area contributed by atoms with Crippen LogP contribution < -0.4 is 5.32 Å². The van der Waals surface area contributed by atoms with Crippen molar-refractivity contribution in [3.05, 3.63) is 65.2 Å². The van der Waals surface area contributed by atoms with E-state index in [1.165, 1.54) is 16.7 Å². The normalized spacial score (nSPS) is 10.8. The molecule has 2 aromatic rings. The minimum Gasteiger partial charge on any atom is -0.388 e. The van der Waals surface area contributed by atoms with Crippen molar-refractivity contribution in [2.45, 2.75) is 19.9 Å². The van der Waals surface area contributed by atoms with Crippen LogP contribution in [-0.2, 0) is 13.0 Å². The van der Waals surface area contributed by atoms with Crippen LogP contribution in [0.4, 0.5) is 5.69 Å². The number of nitrogens with zero attached hydrogens (tertiary/aromatic N) is 1. The molecular weight excluding hydrogens is 244 g/mol. The molecule has 0 bridgehead atoms. The molecule has 0 aliphatic carbocycles. The second kappa shape index (κ2) is 7.11. The highest BCUT2D eigenvalue weighted by atomic mass is 15.1. The van der Waals surface area contributed by atoms with Crippen LogP contribution in [0.2, 0.25) is 0 Å². The molecule has 0 aromatic heterocycles. The van der Waals surface area contributed by atoms with Crippen LogP contribution in [-0.4, -0.2) is 25.5 Å². The third-order valence-corrected chi connectivity index (χ3v) is 3.60. The smallest absolute Gasteiger partial charge is 0.0337 e. The molecule has 0 atom stereocenters. The highest BCUT2D eigenvalue weighted by Crippen LogP contribution is 2.11. The molecule has 0 unspecified atom stereocenters. The molecule has 2 heteroatoms. The lowest BCUT2D eigenvalue weighted by Gasteiger charge is -2.17. The van der Waals surface area contributed by atoms with Gasteiger partial charge in [0.25, 0.3) is 0 Å². The van der Waals surface area contributed by atoms with Crippen molar-refractivity contribution in [3.63, 3.8) is 0 Å². The van der Waals surface area contributed by atoms with Gasteiger partial charge in [-0.2, -0.15) is 0 Å². The van der Waals surface area contributed by atoms with Crippen molar-refractivity contribution in [3.8, 4) is 0 Å². The van der Waals surface area contributed by atoms with Crippen molar-refractivity contribution in [2.24, 2.45) is 0 Å². The zero-order valence-corrected chi connectivity index (χ0v) is 12.7. The van der Waals surface area contributed by atoms with Gasteiger partial charge in [-0.05, 0) is 43.7 Å². The lowest BCUT2D eigenvalue weighted by atomic mass is 10.1. The van der Waals surface area contributed by atoms with Crippen LogP contribution in [0.1, 0.15) is 16.7 Å². The molecule has 0 heterocycles. The summed E-state index contributed by atoms with van der Waals surface area (Å²) in [7, 11) is 4.13. The number of nitrogens with one attached hydrogen (secondary N) is 1. The fraction of sp³-hybridized carbons (Fsp3) is 0.333. The predicted molar refractivity (Wildman–Crippen MR) is 87.2 cm³/mol. The first-order chi connectivity index (χ1) is 9.67. The molecule has 0 fully saturated rings. The molecule has 0 aliphatic heterocycles. The Kier molecular flexibility index (Phi) is 5.19. The summed E-state index contributed by atoms with van der Waals surface area (Å²) in [5.74, 6) is 0. The van der Waals surface area contributed by atoms with Crippen molar-refractivity contribution < 1.29 is 0 Å². The number of likely N-dealkylation sites (N-methyl/N-ethyl adjacent to an activating group) is 1. The van der Waals surface area contributed by atoms with Gasteiger partial charge < -0.3 is 10.2 Å². The number of benzene rings is 2. The largest absolute Gasteiger partial charge is 0.388 e. The fourth-order valence-corrected chi connectivity index (χ4v) is 2.24. The summed E-state index contributed by atoms with van der Waals surface area (Å²) in [4.78, 5) is 2.37. The molecule has 1 N–H and O–H groups in total. The third-order valence-electron chi connectivity index (χ3n) is 3.60. The van der Waals surface area contributed by atoms with E-state index in [9.17, 15) is 0 Å². The zero-order valence-electron chi connectivity index (χ0n) is 12.7. The average Bonchev–Trinajstić information content (AvgIpc) is 2.47. The Morgan fingerprint density at radius 1 is 0.900 bits per heavy atom. The summed E-state index contributed by atoms with van der Waals surface area (Å²) in [6, 6.07) is 17.5. The lowest BCUT2D eigenvalue weighted by molar-refractivity contribution is 0.331. The molecular formula is C18H24N2. The Hall–Kier alpha value is -1.80. The van der Waals surface area contributed by atoms with E-state index in [1.807, 2.05) is 7.05 Å². The van der Waals surface area contributed by atoms with Gasteiger partial charge in [0.05, 0.1) is 0 Å². The predicted octanol–water partition coefficient (Wildman–Crippen LogP) is 3.71. The second-order valence-corrected chi connectivity index (χ2v) is 5.42. The van der Waals surface area contributed by atoms with Gasteiger partial charge in [0.2, 0.25) is 0 Å². The summed E-state index contributed by atoms with van der Waals surface area (Å²) < 4.78 is 0. The van der Waals surface area contributed by atoms with Crippen LogP contribution in [0, 0.1) is 6.92 Å². The molecule has 2 nitrogen and oxygen atoms in total. The van der Waals surface area contributed by atoms with Crippen LogP contribution in [0.15, 0.2) is 48.5 Å². The summed E-state index contributed by atoms with van der Waals surface area (Å²) in [5, 5.41) is 3.15. The first-order valence-electron chi connectivity index (χ1n) is 7.18. The van der Waals surface area contributed by atoms with E-state index in [0.717, 1.165) is 25.2 Å². The standard InChI is InChI=1S/C18H24N2/c1-15-4-6-16(7-5-15)12-13-20(3)14-17-8-10-18(19-2)11-9-17/h4-11,19H,12-14H2,1-3H3. The zero-order chi connectivity index (χ0) is 14.4. The monoisotopic (exact) mass is 268 g/mol. The van der Waals surface area contributed by atoms with Crippen LogP contribution in [0.3, 0.4) is 0 Å². The van der Waals surface area contributed by atoms with E-state index in [0.29, 0.717) is 0 Å². The molecule has 0 saturated carbocycles. The van der Waals surface area contributed by atoms with Crippen LogP contribution in [0.5, 0.6) is 0 Å². The van der Waals surface area contributed by atoms with Crippen molar-refractivity contribution in [1.29, 1.82) is 0 Å². The Morgan fingerprint density at radius 2 is 1.50 bits per heavy atom. The molecule has 2 rings (SSSR count). The quantitative estimate of drug-likeness (QED) is 0.859. The lowest BCUT2D eigenvalue weighted by Crippen LogP contribution is -2.20. The summed E-state index contributed by atoms with van der Waals surface area (Å²) in [6.45, 7) is 4.21. The molecule has 20 heavy (non-hydrogen) atoms. The number of aryl methyl sites for hydroxylation is 1. The molecule has 0 saturated heterocycles. The van der Waals surface area contributed by atoms with Gasteiger partial charge in [0.15, 0.2) is 0 Å². The Morgan fingerprint density at radius 3 is 2.10 bits per heavy atom. The molecule has 0 amide bonds. The number of anilines is 1.